The molecule has 1 saturated heterocycles. The Kier molecular flexibility index (Phi) is 6.91. The Hall–Kier alpha value is -4.52. The van der Waals surface area contributed by atoms with Crippen molar-refractivity contribution in [3.63, 3.8) is 0 Å². The molecule has 6 nitrogen and oxygen atoms in total. The van der Waals surface area contributed by atoms with Gasteiger partial charge in [-0.05, 0) is 66.7 Å². The van der Waals surface area contributed by atoms with Crippen molar-refractivity contribution in [1.82, 2.24) is 14.4 Å². The van der Waals surface area contributed by atoms with Crippen LogP contribution in [0.15, 0.2) is 100 Å². The van der Waals surface area contributed by atoms with Gasteiger partial charge in [0.15, 0.2) is 17.1 Å². The molecule has 4 aromatic carbocycles. The summed E-state index contributed by atoms with van der Waals surface area (Å²) in [5.41, 5.74) is -11.3. The van der Waals surface area contributed by atoms with Gasteiger partial charge < -0.3 is 19.1 Å². The van der Waals surface area contributed by atoms with Crippen LogP contribution in [0, 0.1) is 18.6 Å². The third-order valence-corrected chi connectivity index (χ3v) is 9.11. The molecule has 6 rings (SSSR count). The molecule has 0 spiro atoms. The number of nitrogens with zero attached hydrogens (tertiary/aromatic N) is 3. The molecule has 0 unspecified atom stereocenters. The second kappa shape index (κ2) is 16.7. The molecule has 12 heteroatoms. The number of thioether (sulfide) groups is 1. The monoisotopic (exact) mass is 766 g/mol. The van der Waals surface area contributed by atoms with Gasteiger partial charge in [-0.3, -0.25) is 9.59 Å². The van der Waals surface area contributed by atoms with Crippen LogP contribution in [0.3, 0.4) is 0 Å². The summed E-state index contributed by atoms with van der Waals surface area (Å²) >= 11 is -0.214. The minimum atomic E-state index is -5.35. The smallest absolute Gasteiger partial charge is 0.383 e. The highest BCUT2D eigenvalue weighted by Crippen LogP contribution is 2.32. The zero-order chi connectivity index (χ0) is 52.5. The fourth-order valence-electron chi connectivity index (χ4n) is 5.57. The fourth-order valence-corrected chi connectivity index (χ4v) is 6.32. The van der Waals surface area contributed by atoms with Crippen LogP contribution in [0.4, 0.5) is 22.0 Å². The molecule has 0 atom stereocenters. The lowest BCUT2D eigenvalue weighted by Crippen LogP contribution is -2.48. The van der Waals surface area contributed by atoms with Crippen molar-refractivity contribution in [3.8, 4) is 11.1 Å². The summed E-state index contributed by atoms with van der Waals surface area (Å²) in [5.74, 6) is -5.09. The molecule has 1 aromatic heterocycles. The second-order valence-electron chi connectivity index (χ2n) is 11.8. The maximum atomic E-state index is 15.5. The maximum absolute atomic E-state index is 15.5. The molecule has 0 saturated carbocycles. The van der Waals surface area contributed by atoms with E-state index in [1.807, 2.05) is 4.90 Å². The molecule has 278 valence electrons. The van der Waals surface area contributed by atoms with E-state index < -0.39 is 188 Å². The number of ether oxygens (including phenoxy) is 1. The van der Waals surface area contributed by atoms with E-state index in [0.29, 0.717) is 26.2 Å². The van der Waals surface area contributed by atoms with Crippen LogP contribution < -0.4 is 5.43 Å². The van der Waals surface area contributed by atoms with Crippen molar-refractivity contribution in [2.75, 3.05) is 33.4 Å². The Labute approximate surface area is 333 Å². The molecular weight excluding hydrogens is 710 g/mol. The lowest BCUT2D eigenvalue weighted by molar-refractivity contribution is -0.137. The Morgan fingerprint density at radius 1 is 0.981 bits per heavy atom. The number of piperidine rings is 1. The largest absolute Gasteiger partial charge is 0.416 e. The molecule has 1 aliphatic heterocycles. The summed E-state index contributed by atoms with van der Waals surface area (Å²) < 4.78 is 223. The molecule has 1 amide bonds. The van der Waals surface area contributed by atoms with E-state index in [9.17, 15) is 22.4 Å². The lowest BCUT2D eigenvalue weighted by Gasteiger charge is -2.39. The van der Waals surface area contributed by atoms with Crippen LogP contribution in [0.5, 0.6) is 0 Å². The van der Waals surface area contributed by atoms with Crippen LogP contribution >= 0.6 is 11.8 Å². The first-order valence-corrected chi connectivity index (χ1v) is 16.8. The topological polar surface area (TPSA) is 54.8 Å². The van der Waals surface area contributed by atoms with E-state index in [0.717, 1.165) is 9.47 Å². The van der Waals surface area contributed by atoms with Gasteiger partial charge in [0, 0.05) is 64.8 Å². The molecular formula is C41H40F5N3O3S. The molecule has 0 aliphatic carbocycles. The Bertz CT molecular complexity index is 2970. The number of pyridine rings is 1. The van der Waals surface area contributed by atoms with Crippen molar-refractivity contribution in [2.45, 2.75) is 55.8 Å². The molecule has 0 bridgehead atoms. The number of fused-ring (bicyclic) bond motifs is 1. The number of benzene rings is 4. The highest BCUT2D eigenvalue weighted by Gasteiger charge is 2.31. The average molecular weight is 767 g/mol. The molecule has 0 N–H and O–H groups in total. The molecule has 0 radical (unpaired) electrons. The number of hydrogen-bond acceptors (Lipinski definition) is 5. The summed E-state index contributed by atoms with van der Waals surface area (Å²) in [6.07, 6.45) is -5.02. The number of aromatic nitrogens is 1. The minimum Gasteiger partial charge on any atom is -0.383 e. The zero-order valence-corrected chi connectivity index (χ0v) is 28.9. The first kappa shape index (κ1) is 22.0. The first-order valence-electron chi connectivity index (χ1n) is 24.5. The predicted octanol–water partition coefficient (Wildman–Crippen LogP) is 8.71. The number of rotatable bonds is 12. The van der Waals surface area contributed by atoms with Gasteiger partial charge in [-0.25, -0.2) is 8.78 Å². The Morgan fingerprint density at radius 3 is 2.32 bits per heavy atom. The highest BCUT2D eigenvalue weighted by atomic mass is 32.2. The van der Waals surface area contributed by atoms with Gasteiger partial charge in [0.1, 0.15) is 6.54 Å². The number of carbonyl (C=O) groups excluding carboxylic acids is 1. The van der Waals surface area contributed by atoms with E-state index in [4.69, 9.17) is 28.0 Å². The van der Waals surface area contributed by atoms with Gasteiger partial charge in [0.05, 0.1) is 43.3 Å². The van der Waals surface area contributed by atoms with Crippen LogP contribution in [0.25, 0.3) is 22.0 Å². The van der Waals surface area contributed by atoms with Crippen molar-refractivity contribution in [2.24, 2.45) is 0 Å². The molecule has 2 heterocycles. The van der Waals surface area contributed by atoms with Gasteiger partial charge in [0.25, 0.3) is 0 Å². The Morgan fingerprint density at radius 2 is 1.66 bits per heavy atom. The summed E-state index contributed by atoms with van der Waals surface area (Å²) in [5, 5.41) is -1.54. The van der Waals surface area contributed by atoms with Gasteiger partial charge in [-0.15, -0.1) is 11.8 Å². The molecule has 1 aliphatic rings. The molecule has 1 fully saturated rings. The standard InChI is InChI=1S/C41H40F5N3O3S/c1-27-6-15-36-34(22-27)37(50)23-39(53-26-31-4-3-5-35(42)40(31)43)49(36)25-38(51)48(33-16-18-47(19-17-33)20-21-52-2)24-28-7-9-29(10-8-28)30-11-13-32(14-12-30)41(44,45)46/h3-15,22-23,33H,16-21,24-26H2,1-2H3/i3D,4D,5D,6D,7D,8D,9D,10D,11D,12D,13D,14D,15D,22D,23D,26D2. The summed E-state index contributed by atoms with van der Waals surface area (Å²) in [7, 11) is 1.49. The van der Waals surface area contributed by atoms with Crippen LogP contribution in [-0.2, 0) is 34.5 Å². The van der Waals surface area contributed by atoms with E-state index in [1.165, 1.54) is 14.0 Å². The number of methoxy groups -OCH3 is 1. The normalized spacial score (nSPS) is 19.0. The summed E-state index contributed by atoms with van der Waals surface area (Å²) in [4.78, 5) is 32.2. The van der Waals surface area contributed by atoms with Crippen LogP contribution in [0.1, 0.15) is 58.4 Å². The van der Waals surface area contributed by atoms with E-state index in [-0.39, 0.29) is 30.2 Å². The van der Waals surface area contributed by atoms with E-state index in [1.54, 1.807) is 0 Å². The number of carbonyl (C=O) groups is 1. The summed E-state index contributed by atoms with van der Waals surface area (Å²) in [6.45, 7) is 0.735. The number of hydrogen-bond donors (Lipinski definition) is 0. The molecule has 5 aromatic rings. The quantitative estimate of drug-likeness (QED) is 0.0940. The van der Waals surface area contributed by atoms with Crippen LogP contribution in [-0.4, -0.2) is 59.7 Å². The number of likely N-dealkylation sites (tertiary alicyclic amines) is 1. The van der Waals surface area contributed by atoms with Crippen molar-refractivity contribution in [1.29, 1.82) is 0 Å². The maximum Gasteiger partial charge on any atom is 0.416 e. The van der Waals surface area contributed by atoms with Gasteiger partial charge in [-0.2, -0.15) is 13.2 Å². The van der Waals surface area contributed by atoms with Crippen LogP contribution in [0.2, 0.25) is 0 Å². The number of alkyl halides is 3. The highest BCUT2D eigenvalue weighted by molar-refractivity contribution is 7.98. The predicted molar refractivity (Wildman–Crippen MR) is 198 cm³/mol. The number of halogens is 5. The zero-order valence-electron chi connectivity index (χ0n) is 45.1. The number of amides is 1. The third-order valence-electron chi connectivity index (χ3n) is 8.29. The Balaban J connectivity index is 1.57. The van der Waals surface area contributed by atoms with Gasteiger partial charge in [0.2, 0.25) is 5.91 Å². The SMILES string of the molecule is [2H]c1c([2H])c(F)c(F)c(C([2H])([2H])Sc2c([2H])c(=O)c3c([2H])c(C)c([2H])c([2H])c3n2CC(=O)N(Cc2c([2H])c([2H])c(-c3c([2H])c([2H])c(C(F)(F)F)c([2H])c3[2H])c([2H])c2[2H])C2CCN(CCOC)CC2)c1[2H]. The van der Waals surface area contributed by atoms with Crippen molar-refractivity contribution < 1.29 is 54.8 Å². The van der Waals surface area contributed by atoms with Gasteiger partial charge in [-0.1, -0.05) is 59.9 Å². The average Bonchev–Trinajstić information content (AvgIpc) is 3.29. The van der Waals surface area contributed by atoms with Crippen molar-refractivity contribution >= 4 is 28.6 Å². The third kappa shape index (κ3) is 9.17. The first-order chi connectivity index (χ1) is 32.4. The van der Waals surface area contributed by atoms with Gasteiger partial charge >= 0.3 is 6.18 Å². The van der Waals surface area contributed by atoms with Crippen molar-refractivity contribution in [3.05, 3.63) is 135 Å². The summed E-state index contributed by atoms with van der Waals surface area (Å²) in [6, 6.07) is -17.5. The fraction of sp³-hybridized carbons (Fsp3) is 0.317. The van der Waals surface area contributed by atoms with E-state index in [2.05, 4.69) is 0 Å². The minimum absolute atomic E-state index is 0.165. The second-order valence-corrected chi connectivity index (χ2v) is 12.6. The molecule has 53 heavy (non-hydrogen) atoms. The van der Waals surface area contributed by atoms with E-state index >= 15 is 9.18 Å². The lowest BCUT2D eigenvalue weighted by atomic mass is 10.00.